The van der Waals surface area contributed by atoms with Gasteiger partial charge in [0, 0.05) is 38.2 Å². The third-order valence-corrected chi connectivity index (χ3v) is 5.94. The molecule has 0 saturated heterocycles. The van der Waals surface area contributed by atoms with Gasteiger partial charge < -0.3 is 14.1 Å². The van der Waals surface area contributed by atoms with E-state index in [-0.39, 0.29) is 11.7 Å². The molecule has 3 heterocycles. The van der Waals surface area contributed by atoms with E-state index in [0.29, 0.717) is 37.2 Å². The van der Waals surface area contributed by atoms with Crippen LogP contribution >= 0.6 is 11.8 Å². The van der Waals surface area contributed by atoms with Crippen LogP contribution in [-0.4, -0.2) is 56.6 Å². The monoisotopic (exact) mass is 463 g/mol. The van der Waals surface area contributed by atoms with Crippen LogP contribution in [0.4, 0.5) is 0 Å². The summed E-state index contributed by atoms with van der Waals surface area (Å²) < 4.78 is 12.7. The highest BCUT2D eigenvalue weighted by Gasteiger charge is 2.19. The van der Waals surface area contributed by atoms with Crippen LogP contribution in [0.15, 0.2) is 82.8 Å². The Kier molecular flexibility index (Phi) is 7.89. The van der Waals surface area contributed by atoms with E-state index < -0.39 is 0 Å². The number of amides is 1. The third kappa shape index (κ3) is 6.09. The van der Waals surface area contributed by atoms with Crippen LogP contribution in [0, 0.1) is 0 Å². The van der Waals surface area contributed by atoms with Gasteiger partial charge in [0.15, 0.2) is 11.0 Å². The molecule has 0 aliphatic rings. The molecular formula is C24H25N5O3S. The number of hydrogen-bond donors (Lipinski definition) is 0. The van der Waals surface area contributed by atoms with Crippen LogP contribution in [-0.2, 0) is 22.6 Å². The normalized spacial score (nSPS) is 10.9. The molecule has 0 spiro atoms. The summed E-state index contributed by atoms with van der Waals surface area (Å²) in [5.41, 5.74) is 1.92. The van der Waals surface area contributed by atoms with E-state index in [0.717, 1.165) is 16.9 Å². The molecule has 0 aliphatic carbocycles. The van der Waals surface area contributed by atoms with Crippen LogP contribution in [0.2, 0.25) is 0 Å². The van der Waals surface area contributed by atoms with E-state index >= 15 is 0 Å². The van der Waals surface area contributed by atoms with Crippen LogP contribution in [0.5, 0.6) is 0 Å². The van der Waals surface area contributed by atoms with Crippen molar-refractivity contribution in [3.05, 3.63) is 84.6 Å². The van der Waals surface area contributed by atoms with E-state index in [4.69, 9.17) is 9.15 Å². The second kappa shape index (κ2) is 11.4. The average molecular weight is 464 g/mol. The van der Waals surface area contributed by atoms with E-state index in [1.165, 1.54) is 11.8 Å². The molecule has 9 heteroatoms. The fourth-order valence-corrected chi connectivity index (χ4v) is 4.16. The minimum absolute atomic E-state index is 0.0105. The number of ether oxygens (including phenoxy) is 1. The van der Waals surface area contributed by atoms with E-state index in [1.54, 1.807) is 30.7 Å². The Morgan fingerprint density at radius 2 is 2.00 bits per heavy atom. The lowest BCUT2D eigenvalue weighted by Gasteiger charge is -2.22. The van der Waals surface area contributed by atoms with Gasteiger partial charge in [0.2, 0.25) is 5.91 Å². The smallest absolute Gasteiger partial charge is 0.233 e. The summed E-state index contributed by atoms with van der Waals surface area (Å²) in [7, 11) is 1.64. The van der Waals surface area contributed by atoms with Crippen molar-refractivity contribution < 1.29 is 13.9 Å². The molecule has 0 fully saturated rings. The first kappa shape index (κ1) is 22.8. The number of rotatable bonds is 11. The summed E-state index contributed by atoms with van der Waals surface area (Å²) in [6.45, 7) is 1.98. The number of furan rings is 1. The standard InChI is InChI=1S/C24H25N5O3S/c1-31-14-12-28(16-19-7-3-2-4-8-19)22(30)18-33-24-27-26-23(20-9-5-11-25-15-20)29(24)17-21-10-6-13-32-21/h2-11,13,15H,12,14,16-18H2,1H3. The van der Waals surface area contributed by atoms with E-state index in [9.17, 15) is 4.79 Å². The van der Waals surface area contributed by atoms with Crippen molar-refractivity contribution in [2.24, 2.45) is 0 Å². The average Bonchev–Trinajstić information content (AvgIpc) is 3.52. The molecule has 170 valence electrons. The van der Waals surface area contributed by atoms with Gasteiger partial charge in [-0.1, -0.05) is 42.1 Å². The lowest BCUT2D eigenvalue weighted by molar-refractivity contribution is -0.129. The van der Waals surface area contributed by atoms with Gasteiger partial charge in [-0.05, 0) is 29.8 Å². The Morgan fingerprint density at radius 1 is 1.12 bits per heavy atom. The van der Waals surface area contributed by atoms with Crippen molar-refractivity contribution in [1.82, 2.24) is 24.6 Å². The summed E-state index contributed by atoms with van der Waals surface area (Å²) in [5.74, 6) is 1.70. The van der Waals surface area contributed by atoms with Crippen molar-refractivity contribution in [2.45, 2.75) is 18.2 Å². The topological polar surface area (TPSA) is 86.3 Å². The van der Waals surface area contributed by atoms with Gasteiger partial charge in [0.1, 0.15) is 5.76 Å². The molecule has 4 aromatic rings. The molecule has 0 bridgehead atoms. The van der Waals surface area contributed by atoms with Gasteiger partial charge in [-0.25, -0.2) is 0 Å². The second-order valence-electron chi connectivity index (χ2n) is 7.30. The molecule has 1 aromatic carbocycles. The molecule has 0 unspecified atom stereocenters. The summed E-state index contributed by atoms with van der Waals surface area (Å²) in [5, 5.41) is 9.38. The Bertz CT molecular complexity index is 1130. The third-order valence-electron chi connectivity index (χ3n) is 4.99. The predicted octanol–water partition coefficient (Wildman–Crippen LogP) is 3.75. The van der Waals surface area contributed by atoms with Crippen molar-refractivity contribution >= 4 is 17.7 Å². The Morgan fingerprint density at radius 3 is 2.73 bits per heavy atom. The zero-order valence-corrected chi connectivity index (χ0v) is 19.1. The number of benzene rings is 1. The molecular weight excluding hydrogens is 438 g/mol. The fraction of sp³-hybridized carbons (Fsp3) is 0.250. The van der Waals surface area contributed by atoms with Gasteiger partial charge in [0.05, 0.1) is 25.2 Å². The molecule has 0 N–H and O–H groups in total. The van der Waals surface area contributed by atoms with Crippen LogP contribution in [0.1, 0.15) is 11.3 Å². The van der Waals surface area contributed by atoms with Crippen molar-refractivity contribution in [3.63, 3.8) is 0 Å². The van der Waals surface area contributed by atoms with Crippen molar-refractivity contribution in [1.29, 1.82) is 0 Å². The summed E-state index contributed by atoms with van der Waals surface area (Å²) in [4.78, 5) is 19.1. The minimum atomic E-state index is 0.0105. The number of methoxy groups -OCH3 is 1. The Balaban J connectivity index is 1.51. The molecule has 0 atom stereocenters. The summed E-state index contributed by atoms with van der Waals surface area (Å²) in [6.07, 6.45) is 5.10. The van der Waals surface area contributed by atoms with E-state index in [2.05, 4.69) is 15.2 Å². The zero-order valence-electron chi connectivity index (χ0n) is 18.3. The molecule has 8 nitrogen and oxygen atoms in total. The second-order valence-corrected chi connectivity index (χ2v) is 8.24. The highest BCUT2D eigenvalue weighted by Crippen LogP contribution is 2.25. The van der Waals surface area contributed by atoms with Gasteiger partial charge in [-0.15, -0.1) is 10.2 Å². The first-order valence-electron chi connectivity index (χ1n) is 10.5. The molecule has 3 aromatic heterocycles. The zero-order chi connectivity index (χ0) is 22.9. The largest absolute Gasteiger partial charge is 0.467 e. The Labute approximate surface area is 196 Å². The van der Waals surface area contributed by atoms with Crippen LogP contribution in [0.3, 0.4) is 0 Å². The number of carbonyl (C=O) groups excluding carboxylic acids is 1. The quantitative estimate of drug-likeness (QED) is 0.313. The molecule has 0 aliphatic heterocycles. The molecule has 0 radical (unpaired) electrons. The van der Waals surface area contributed by atoms with Crippen molar-refractivity contribution in [2.75, 3.05) is 26.0 Å². The number of carbonyl (C=O) groups is 1. The minimum Gasteiger partial charge on any atom is -0.467 e. The summed E-state index contributed by atoms with van der Waals surface area (Å²) in [6, 6.07) is 17.5. The first-order chi connectivity index (χ1) is 16.2. The SMILES string of the molecule is COCCN(Cc1ccccc1)C(=O)CSc1nnc(-c2cccnc2)n1Cc1ccco1. The molecule has 1 amide bonds. The fourth-order valence-electron chi connectivity index (χ4n) is 3.32. The van der Waals surface area contributed by atoms with Gasteiger partial charge in [-0.3, -0.25) is 14.3 Å². The highest BCUT2D eigenvalue weighted by molar-refractivity contribution is 7.99. The maximum Gasteiger partial charge on any atom is 0.233 e. The summed E-state index contributed by atoms with van der Waals surface area (Å²) >= 11 is 1.36. The predicted molar refractivity (Wildman–Crippen MR) is 126 cm³/mol. The van der Waals surface area contributed by atoms with Crippen molar-refractivity contribution in [3.8, 4) is 11.4 Å². The lowest BCUT2D eigenvalue weighted by Crippen LogP contribution is -2.34. The maximum atomic E-state index is 13.1. The molecule has 0 saturated carbocycles. The number of nitrogens with zero attached hydrogens (tertiary/aromatic N) is 5. The first-order valence-corrected chi connectivity index (χ1v) is 11.5. The Hall–Kier alpha value is -3.43. The van der Waals surface area contributed by atoms with Crippen LogP contribution < -0.4 is 0 Å². The number of hydrogen-bond acceptors (Lipinski definition) is 7. The van der Waals surface area contributed by atoms with Crippen LogP contribution in [0.25, 0.3) is 11.4 Å². The number of thioether (sulfide) groups is 1. The van der Waals surface area contributed by atoms with E-state index in [1.807, 2.05) is 59.2 Å². The maximum absolute atomic E-state index is 13.1. The van der Waals surface area contributed by atoms with Gasteiger partial charge in [0.25, 0.3) is 0 Å². The molecule has 4 rings (SSSR count). The van der Waals surface area contributed by atoms with Gasteiger partial charge in [-0.2, -0.15) is 0 Å². The van der Waals surface area contributed by atoms with Gasteiger partial charge >= 0.3 is 0 Å². The number of aromatic nitrogens is 4. The number of pyridine rings is 1. The lowest BCUT2D eigenvalue weighted by atomic mass is 10.2. The highest BCUT2D eigenvalue weighted by atomic mass is 32.2. The molecule has 33 heavy (non-hydrogen) atoms.